The molecule has 0 spiro atoms. The topological polar surface area (TPSA) is 132 Å². The number of nitrogens with zero attached hydrogens (tertiary/aromatic N) is 4. The van der Waals surface area contributed by atoms with Crippen LogP contribution in [0.1, 0.15) is 42.0 Å². The van der Waals surface area contributed by atoms with Crippen molar-refractivity contribution < 1.29 is 19.0 Å². The number of rotatable bonds is 6. The second-order valence-electron chi connectivity index (χ2n) is 10.7. The number of aromatic nitrogens is 1. The normalized spacial score (nSPS) is 22.4. The number of anilines is 1. The molecule has 200 valence electrons. The Morgan fingerprint density at radius 1 is 1.10 bits per heavy atom. The number of likely N-dealkylation sites (tertiary alicyclic amines) is 1. The number of carbonyl (C=O) groups is 3. The molecule has 0 radical (unpaired) electrons. The van der Waals surface area contributed by atoms with E-state index in [0.717, 1.165) is 41.8 Å². The third kappa shape index (κ3) is 4.51. The molecule has 9 heteroatoms. The van der Waals surface area contributed by atoms with Crippen molar-refractivity contribution >= 4 is 35.4 Å². The maximum Gasteiger partial charge on any atom is 0.289 e. The molecule has 2 aromatic carbocycles. The highest BCUT2D eigenvalue weighted by Crippen LogP contribution is 2.43. The highest BCUT2D eigenvalue weighted by molar-refractivity contribution is 6.01. The predicted molar refractivity (Wildman–Crippen MR) is 149 cm³/mol. The van der Waals surface area contributed by atoms with Crippen molar-refractivity contribution in [3.8, 4) is 17.2 Å². The van der Waals surface area contributed by atoms with Gasteiger partial charge in [-0.2, -0.15) is 9.84 Å². The first-order valence-electron chi connectivity index (χ1n) is 13.4. The molecule has 1 aliphatic carbocycles. The SMILES string of the molecule is Cc1cccc(NC(=O)[C@@H]2C3CCC(C3)N2C(=O)C[N+]2=CC(C(N)=O)c3cc(-c4cccc(C#N)c4)ccc32)n1. The number of carbonyl (C=O) groups excluding carboxylic acids is 3. The minimum absolute atomic E-state index is 0.00423. The zero-order valence-corrected chi connectivity index (χ0v) is 22.1. The number of nitriles is 1. The second kappa shape index (κ2) is 10.0. The van der Waals surface area contributed by atoms with E-state index in [1.165, 1.54) is 0 Å². The molecule has 1 saturated carbocycles. The van der Waals surface area contributed by atoms with E-state index in [1.54, 1.807) is 33.9 Å². The first-order chi connectivity index (χ1) is 19.3. The molecule has 2 aliphatic heterocycles. The second-order valence-corrected chi connectivity index (χ2v) is 10.7. The van der Waals surface area contributed by atoms with Crippen LogP contribution < -0.4 is 11.1 Å². The maximum absolute atomic E-state index is 13.8. The third-order valence-electron chi connectivity index (χ3n) is 8.22. The van der Waals surface area contributed by atoms with Crippen LogP contribution in [-0.2, 0) is 14.4 Å². The monoisotopic (exact) mass is 533 g/mol. The highest BCUT2D eigenvalue weighted by Gasteiger charge is 2.52. The average Bonchev–Trinajstić information content (AvgIpc) is 3.66. The zero-order chi connectivity index (χ0) is 28.0. The van der Waals surface area contributed by atoms with Crippen molar-refractivity contribution in [3.05, 3.63) is 77.5 Å². The smallest absolute Gasteiger partial charge is 0.289 e. The maximum atomic E-state index is 13.8. The summed E-state index contributed by atoms with van der Waals surface area (Å²) in [6, 6.07) is 20.0. The number of piperidine rings is 1. The molecule has 3 unspecified atom stereocenters. The Morgan fingerprint density at radius 3 is 2.67 bits per heavy atom. The summed E-state index contributed by atoms with van der Waals surface area (Å²) in [7, 11) is 0. The molecule has 2 bridgehead atoms. The van der Waals surface area contributed by atoms with Gasteiger partial charge in [-0.1, -0.05) is 18.2 Å². The summed E-state index contributed by atoms with van der Waals surface area (Å²) in [4.78, 5) is 45.7. The molecule has 3 heterocycles. The summed E-state index contributed by atoms with van der Waals surface area (Å²) >= 11 is 0. The van der Waals surface area contributed by atoms with Gasteiger partial charge in [0.1, 0.15) is 17.8 Å². The van der Waals surface area contributed by atoms with E-state index in [9.17, 15) is 19.6 Å². The van der Waals surface area contributed by atoms with Gasteiger partial charge in [-0.25, -0.2) is 4.98 Å². The van der Waals surface area contributed by atoms with E-state index < -0.39 is 17.9 Å². The van der Waals surface area contributed by atoms with Crippen LogP contribution in [0.2, 0.25) is 0 Å². The van der Waals surface area contributed by atoms with Crippen LogP contribution in [-0.4, -0.2) is 57.0 Å². The minimum atomic E-state index is -0.691. The van der Waals surface area contributed by atoms with Gasteiger partial charge in [-0.05, 0) is 79.6 Å². The summed E-state index contributed by atoms with van der Waals surface area (Å²) in [6.45, 7) is 1.86. The molecule has 3 N–H and O–H groups in total. The van der Waals surface area contributed by atoms with Crippen LogP contribution in [0.5, 0.6) is 0 Å². The Morgan fingerprint density at radius 2 is 1.90 bits per heavy atom. The lowest BCUT2D eigenvalue weighted by Crippen LogP contribution is -2.52. The molecule has 1 saturated heterocycles. The number of benzene rings is 2. The third-order valence-corrected chi connectivity index (χ3v) is 8.22. The standard InChI is InChI=1S/C31H28N6O3/c1-18-4-2-7-27(34-18)35-31(40)29-22-8-10-23(13-22)37(29)28(38)17-36-16-25(30(33)39)24-14-21(9-11-26(24)36)20-6-3-5-19(12-20)15-32/h2-7,9,11-12,14,16,22-23,25,29H,8,10,13,17H2,1H3,(H2-,33,34,35,39,40)/p+1/t22?,23?,25?,29-/m0/s1. The van der Waals surface area contributed by atoms with E-state index >= 15 is 0 Å². The molecule has 2 fully saturated rings. The van der Waals surface area contributed by atoms with E-state index in [4.69, 9.17) is 5.73 Å². The van der Waals surface area contributed by atoms with Crippen molar-refractivity contribution in [1.29, 1.82) is 5.26 Å². The number of pyridine rings is 1. The molecule has 6 rings (SSSR count). The zero-order valence-electron chi connectivity index (χ0n) is 22.1. The fourth-order valence-corrected chi connectivity index (χ4v) is 6.44. The average molecular weight is 534 g/mol. The number of nitrogens with one attached hydrogen (secondary N) is 1. The van der Waals surface area contributed by atoms with Crippen molar-refractivity contribution in [2.45, 2.75) is 44.2 Å². The lowest BCUT2D eigenvalue weighted by atomic mass is 9.95. The molecule has 40 heavy (non-hydrogen) atoms. The summed E-state index contributed by atoms with van der Waals surface area (Å²) in [5, 5.41) is 12.2. The summed E-state index contributed by atoms with van der Waals surface area (Å²) in [6.07, 6.45) is 4.28. The van der Waals surface area contributed by atoms with Gasteiger partial charge in [-0.3, -0.25) is 14.4 Å². The van der Waals surface area contributed by atoms with E-state index in [2.05, 4.69) is 16.4 Å². The van der Waals surface area contributed by atoms with Gasteiger partial charge in [0.25, 0.3) is 5.91 Å². The lowest BCUT2D eigenvalue weighted by Gasteiger charge is -2.33. The largest absolute Gasteiger partial charge is 0.369 e. The molecule has 3 amide bonds. The number of hydrogen-bond donors (Lipinski definition) is 2. The molecule has 9 nitrogen and oxygen atoms in total. The number of aryl methyl sites for hydroxylation is 1. The Hall–Kier alpha value is -4.84. The van der Waals surface area contributed by atoms with Crippen molar-refractivity contribution in [3.63, 3.8) is 0 Å². The van der Waals surface area contributed by atoms with Gasteiger partial charge in [0.15, 0.2) is 6.21 Å². The van der Waals surface area contributed by atoms with Crippen LogP contribution in [0, 0.1) is 24.2 Å². The minimum Gasteiger partial charge on any atom is -0.369 e. The first kappa shape index (κ1) is 25.4. The number of hydrogen-bond acceptors (Lipinski definition) is 5. The number of nitrogens with two attached hydrogens (primary N) is 1. The highest BCUT2D eigenvalue weighted by atomic mass is 16.2. The van der Waals surface area contributed by atoms with Crippen molar-refractivity contribution in [2.75, 3.05) is 11.9 Å². The van der Waals surface area contributed by atoms with Crippen molar-refractivity contribution in [2.24, 2.45) is 11.7 Å². The number of fused-ring (bicyclic) bond motifs is 3. The number of amides is 3. The molecule has 3 aliphatic rings. The molecule has 1 aromatic heterocycles. The molecular formula is C31H29N6O3+. The Bertz CT molecular complexity index is 1620. The number of primary amides is 1. The predicted octanol–water partition coefficient (Wildman–Crippen LogP) is 3.24. The van der Waals surface area contributed by atoms with Gasteiger partial charge in [0.2, 0.25) is 24.0 Å². The van der Waals surface area contributed by atoms with Gasteiger partial charge in [-0.15, -0.1) is 0 Å². The molecule has 4 atom stereocenters. The Balaban J connectivity index is 1.26. The molecule has 3 aromatic rings. The van der Waals surface area contributed by atoms with Gasteiger partial charge in [0.05, 0.1) is 11.6 Å². The van der Waals surface area contributed by atoms with Crippen LogP contribution in [0.4, 0.5) is 11.5 Å². The van der Waals surface area contributed by atoms with E-state index in [0.29, 0.717) is 16.9 Å². The first-order valence-corrected chi connectivity index (χ1v) is 13.4. The van der Waals surface area contributed by atoms with E-state index in [1.807, 2.05) is 49.4 Å². The lowest BCUT2D eigenvalue weighted by molar-refractivity contribution is -0.422. The van der Waals surface area contributed by atoms with Crippen molar-refractivity contribution in [1.82, 2.24) is 9.88 Å². The van der Waals surface area contributed by atoms with Crippen LogP contribution in [0.25, 0.3) is 11.1 Å². The summed E-state index contributed by atoms with van der Waals surface area (Å²) in [5.41, 5.74) is 10.2. The summed E-state index contributed by atoms with van der Waals surface area (Å²) < 4.78 is 1.77. The molecular weight excluding hydrogens is 504 g/mol. The summed E-state index contributed by atoms with van der Waals surface area (Å²) in [5.74, 6) is -1.00. The van der Waals surface area contributed by atoms with Gasteiger partial charge in [0, 0.05) is 23.4 Å². The van der Waals surface area contributed by atoms with Crippen LogP contribution in [0.3, 0.4) is 0 Å². The fourth-order valence-electron chi connectivity index (χ4n) is 6.44. The van der Waals surface area contributed by atoms with Gasteiger partial charge >= 0.3 is 0 Å². The van der Waals surface area contributed by atoms with Crippen LogP contribution in [0.15, 0.2) is 60.7 Å². The fraction of sp³-hybridized carbons (Fsp3) is 0.290. The van der Waals surface area contributed by atoms with Gasteiger partial charge < -0.3 is 16.0 Å². The quantitative estimate of drug-likeness (QED) is 0.470. The Labute approximate surface area is 231 Å². The Kier molecular flexibility index (Phi) is 6.39. The van der Waals surface area contributed by atoms with Crippen LogP contribution >= 0.6 is 0 Å². The van der Waals surface area contributed by atoms with E-state index in [-0.39, 0.29) is 30.3 Å².